The Bertz CT molecular complexity index is 1010. The maximum Gasteiger partial charge on any atom is 0.257 e. The number of hydrogen-bond acceptors (Lipinski definition) is 7. The van der Waals surface area contributed by atoms with E-state index in [1.165, 1.54) is 11.4 Å². The Labute approximate surface area is 195 Å². The Kier molecular flexibility index (Phi) is 8.79. The van der Waals surface area contributed by atoms with Gasteiger partial charge in [0.15, 0.2) is 18.1 Å². The molecule has 180 valence electrons. The molecule has 2 aromatic rings. The van der Waals surface area contributed by atoms with Gasteiger partial charge in [-0.1, -0.05) is 12.1 Å². The number of methoxy groups -OCH3 is 2. The molecule has 0 aliphatic carbocycles. The third-order valence-corrected chi connectivity index (χ3v) is 7.36. The second kappa shape index (κ2) is 11.8. The zero-order valence-corrected chi connectivity index (χ0v) is 19.8. The number of hydrogen-bond donors (Lipinski definition) is 1. The molecule has 1 aliphatic rings. The van der Waals surface area contributed by atoms with Gasteiger partial charge in [-0.05, 0) is 42.8 Å². The summed E-state index contributed by atoms with van der Waals surface area (Å²) in [6.45, 7) is 2.23. The zero-order valence-electron chi connectivity index (χ0n) is 19.0. The number of nitrogens with zero attached hydrogens (tertiary/aromatic N) is 2. The first kappa shape index (κ1) is 24.7. The monoisotopic (exact) mass is 477 g/mol. The van der Waals surface area contributed by atoms with Crippen LogP contribution in [-0.4, -0.2) is 77.9 Å². The van der Waals surface area contributed by atoms with Crippen molar-refractivity contribution in [1.82, 2.24) is 9.62 Å². The van der Waals surface area contributed by atoms with E-state index in [1.807, 2.05) is 30.3 Å². The highest BCUT2D eigenvalue weighted by Crippen LogP contribution is 2.25. The quantitative estimate of drug-likeness (QED) is 0.493. The average molecular weight is 478 g/mol. The van der Waals surface area contributed by atoms with E-state index in [-0.39, 0.29) is 24.8 Å². The van der Waals surface area contributed by atoms with Gasteiger partial charge in [0.25, 0.3) is 5.91 Å². The lowest BCUT2D eigenvalue weighted by Crippen LogP contribution is -2.49. The SMILES string of the molecule is COc1ccc(N2CCN(S(=O)(=O)CCCNC(=O)COc3ccccc3OC)CC2)cc1. The number of anilines is 1. The summed E-state index contributed by atoms with van der Waals surface area (Å²) in [5.74, 6) is 1.49. The Morgan fingerprint density at radius 1 is 0.939 bits per heavy atom. The number of sulfonamides is 1. The summed E-state index contributed by atoms with van der Waals surface area (Å²) in [5, 5.41) is 2.70. The van der Waals surface area contributed by atoms with E-state index in [0.717, 1.165) is 11.4 Å². The summed E-state index contributed by atoms with van der Waals surface area (Å²) in [4.78, 5) is 14.2. The van der Waals surface area contributed by atoms with Gasteiger partial charge in [0, 0.05) is 38.4 Å². The molecule has 1 saturated heterocycles. The van der Waals surface area contributed by atoms with E-state index >= 15 is 0 Å². The lowest BCUT2D eigenvalue weighted by Gasteiger charge is -2.35. The third kappa shape index (κ3) is 7.00. The molecule has 0 radical (unpaired) electrons. The molecule has 2 aromatic carbocycles. The summed E-state index contributed by atoms with van der Waals surface area (Å²) in [5.41, 5.74) is 1.05. The number of amides is 1. The maximum atomic E-state index is 12.7. The molecule has 33 heavy (non-hydrogen) atoms. The Hall–Kier alpha value is -2.98. The van der Waals surface area contributed by atoms with Gasteiger partial charge in [0.2, 0.25) is 10.0 Å². The number of rotatable bonds is 11. The molecule has 0 atom stereocenters. The van der Waals surface area contributed by atoms with Crippen LogP contribution < -0.4 is 24.4 Å². The molecule has 0 unspecified atom stereocenters. The summed E-state index contributed by atoms with van der Waals surface area (Å²) < 4.78 is 42.7. The van der Waals surface area contributed by atoms with Crippen LogP contribution in [-0.2, 0) is 14.8 Å². The Morgan fingerprint density at radius 2 is 1.61 bits per heavy atom. The first-order valence-corrected chi connectivity index (χ1v) is 12.4. The van der Waals surface area contributed by atoms with Crippen molar-refractivity contribution in [3.8, 4) is 17.2 Å². The highest BCUT2D eigenvalue weighted by molar-refractivity contribution is 7.89. The van der Waals surface area contributed by atoms with Crippen LogP contribution in [0.15, 0.2) is 48.5 Å². The lowest BCUT2D eigenvalue weighted by molar-refractivity contribution is -0.123. The van der Waals surface area contributed by atoms with Crippen molar-refractivity contribution in [3.05, 3.63) is 48.5 Å². The second-order valence-electron chi connectivity index (χ2n) is 7.54. The molecule has 1 amide bonds. The number of ether oxygens (including phenoxy) is 3. The predicted octanol–water partition coefficient (Wildman–Crippen LogP) is 1.74. The van der Waals surface area contributed by atoms with E-state index in [2.05, 4.69) is 10.2 Å². The predicted molar refractivity (Wildman–Crippen MR) is 127 cm³/mol. The van der Waals surface area contributed by atoms with Crippen molar-refractivity contribution in [2.75, 3.05) is 64.2 Å². The van der Waals surface area contributed by atoms with Gasteiger partial charge >= 0.3 is 0 Å². The smallest absolute Gasteiger partial charge is 0.257 e. The average Bonchev–Trinajstić information content (AvgIpc) is 2.85. The second-order valence-corrected chi connectivity index (χ2v) is 9.63. The number of piperazine rings is 1. The molecule has 1 heterocycles. The molecule has 0 spiro atoms. The third-order valence-electron chi connectivity index (χ3n) is 5.40. The fraction of sp³-hybridized carbons (Fsp3) is 0.435. The van der Waals surface area contributed by atoms with Gasteiger partial charge < -0.3 is 24.4 Å². The van der Waals surface area contributed by atoms with E-state index in [9.17, 15) is 13.2 Å². The molecule has 0 bridgehead atoms. The minimum Gasteiger partial charge on any atom is -0.497 e. The lowest BCUT2D eigenvalue weighted by atomic mass is 10.2. The van der Waals surface area contributed by atoms with Gasteiger partial charge in [-0.3, -0.25) is 4.79 Å². The minimum atomic E-state index is -3.37. The Morgan fingerprint density at radius 3 is 2.24 bits per heavy atom. The van der Waals surface area contributed by atoms with Crippen LogP contribution in [0.2, 0.25) is 0 Å². The molecule has 3 rings (SSSR count). The highest BCUT2D eigenvalue weighted by Gasteiger charge is 2.26. The number of carbonyl (C=O) groups is 1. The van der Waals surface area contributed by atoms with Crippen LogP contribution in [0, 0.1) is 0 Å². The topological polar surface area (TPSA) is 97.4 Å². The first-order valence-electron chi connectivity index (χ1n) is 10.8. The number of benzene rings is 2. The molecular weight excluding hydrogens is 446 g/mol. The van der Waals surface area contributed by atoms with Gasteiger partial charge in [-0.25, -0.2) is 8.42 Å². The van der Waals surface area contributed by atoms with Crippen LogP contribution >= 0.6 is 0 Å². The number of nitrogens with one attached hydrogen (secondary N) is 1. The van der Waals surface area contributed by atoms with Crippen LogP contribution in [0.3, 0.4) is 0 Å². The van der Waals surface area contributed by atoms with Crippen LogP contribution in [0.1, 0.15) is 6.42 Å². The molecule has 10 heteroatoms. The molecule has 1 N–H and O–H groups in total. The molecule has 1 fully saturated rings. The van der Waals surface area contributed by atoms with Crippen LogP contribution in [0.4, 0.5) is 5.69 Å². The zero-order chi connectivity index (χ0) is 23.7. The highest BCUT2D eigenvalue weighted by atomic mass is 32.2. The van der Waals surface area contributed by atoms with Crippen molar-refractivity contribution in [3.63, 3.8) is 0 Å². The van der Waals surface area contributed by atoms with Gasteiger partial charge in [0.05, 0.1) is 20.0 Å². The summed E-state index contributed by atoms with van der Waals surface area (Å²) in [7, 11) is -0.220. The van der Waals surface area contributed by atoms with Crippen molar-refractivity contribution in [2.45, 2.75) is 6.42 Å². The number of para-hydroxylation sites is 2. The summed E-state index contributed by atoms with van der Waals surface area (Å²) >= 11 is 0. The molecule has 9 nitrogen and oxygen atoms in total. The summed E-state index contributed by atoms with van der Waals surface area (Å²) in [6.07, 6.45) is 0.335. The standard InChI is InChI=1S/C23H31N3O6S/c1-30-20-10-8-19(9-11-20)25-13-15-26(16-14-25)33(28,29)17-5-12-24-23(27)18-32-22-7-4-3-6-21(22)31-2/h3-4,6-11H,5,12-18H2,1-2H3,(H,24,27). The van der Waals surface area contributed by atoms with Crippen molar-refractivity contribution in [2.24, 2.45) is 0 Å². The normalized spacial score (nSPS) is 14.5. The van der Waals surface area contributed by atoms with E-state index in [0.29, 0.717) is 44.1 Å². The van der Waals surface area contributed by atoms with Crippen molar-refractivity contribution in [1.29, 1.82) is 0 Å². The maximum absolute atomic E-state index is 12.7. The van der Waals surface area contributed by atoms with E-state index < -0.39 is 10.0 Å². The summed E-state index contributed by atoms with van der Waals surface area (Å²) in [6, 6.07) is 14.8. The molecule has 0 aromatic heterocycles. The van der Waals surface area contributed by atoms with E-state index in [1.54, 1.807) is 25.3 Å². The van der Waals surface area contributed by atoms with Crippen molar-refractivity contribution < 1.29 is 27.4 Å². The largest absolute Gasteiger partial charge is 0.497 e. The van der Waals surface area contributed by atoms with Crippen LogP contribution in [0.5, 0.6) is 17.2 Å². The fourth-order valence-electron chi connectivity index (χ4n) is 3.56. The first-order chi connectivity index (χ1) is 15.9. The van der Waals surface area contributed by atoms with Crippen LogP contribution in [0.25, 0.3) is 0 Å². The number of carbonyl (C=O) groups excluding carboxylic acids is 1. The molecule has 0 saturated carbocycles. The Balaban J connectivity index is 1.36. The van der Waals surface area contributed by atoms with Gasteiger partial charge in [-0.2, -0.15) is 4.31 Å². The fourth-order valence-corrected chi connectivity index (χ4v) is 5.05. The van der Waals surface area contributed by atoms with Crippen molar-refractivity contribution >= 4 is 21.6 Å². The molecular formula is C23H31N3O6S. The van der Waals surface area contributed by atoms with Gasteiger partial charge in [-0.15, -0.1) is 0 Å². The molecule has 1 aliphatic heterocycles. The van der Waals surface area contributed by atoms with E-state index in [4.69, 9.17) is 14.2 Å². The minimum absolute atomic E-state index is 0.0107. The van der Waals surface area contributed by atoms with Gasteiger partial charge in [0.1, 0.15) is 5.75 Å².